The highest BCUT2D eigenvalue weighted by molar-refractivity contribution is 6.08. The molecule has 3 aromatic rings. The Kier molecular flexibility index (Phi) is 5.79. The van der Waals surface area contributed by atoms with Crippen LogP contribution < -0.4 is 10.6 Å². The smallest absolute Gasteiger partial charge is 0.274 e. The zero-order valence-electron chi connectivity index (χ0n) is 15.6. The molecule has 1 aromatic heterocycles. The third kappa shape index (κ3) is 4.59. The standard InChI is InChI=1S/C22H20FN3O2/c1-14(2)18-5-3-4-6-19(18)26-22(28)20-13-15(11-12-24-20)21(27)25-17-9-7-16(23)8-10-17/h3-14H,1-2H3,(H,25,27)(H,26,28). The Bertz CT molecular complexity index is 1000. The van der Waals surface area contributed by atoms with E-state index in [2.05, 4.69) is 15.6 Å². The first-order valence-corrected chi connectivity index (χ1v) is 8.87. The highest BCUT2D eigenvalue weighted by Gasteiger charge is 2.14. The van der Waals surface area contributed by atoms with Crippen LogP contribution in [0.4, 0.5) is 15.8 Å². The van der Waals surface area contributed by atoms with E-state index in [1.807, 2.05) is 38.1 Å². The van der Waals surface area contributed by atoms with Gasteiger partial charge >= 0.3 is 0 Å². The normalized spacial score (nSPS) is 10.6. The van der Waals surface area contributed by atoms with Crippen LogP contribution in [0.5, 0.6) is 0 Å². The summed E-state index contributed by atoms with van der Waals surface area (Å²) < 4.78 is 13.0. The molecule has 28 heavy (non-hydrogen) atoms. The van der Waals surface area contributed by atoms with Crippen LogP contribution in [0, 0.1) is 5.82 Å². The summed E-state index contributed by atoms with van der Waals surface area (Å²) in [7, 11) is 0. The lowest BCUT2D eigenvalue weighted by Gasteiger charge is -2.13. The summed E-state index contributed by atoms with van der Waals surface area (Å²) in [6, 6.07) is 15.9. The molecule has 0 aliphatic heterocycles. The summed E-state index contributed by atoms with van der Waals surface area (Å²) in [4.78, 5) is 29.1. The molecule has 0 aliphatic rings. The van der Waals surface area contributed by atoms with Gasteiger partial charge in [-0.25, -0.2) is 4.39 Å². The van der Waals surface area contributed by atoms with Gasteiger partial charge in [0.15, 0.2) is 0 Å². The molecule has 0 saturated carbocycles. The van der Waals surface area contributed by atoms with Crippen molar-refractivity contribution in [3.63, 3.8) is 0 Å². The van der Waals surface area contributed by atoms with Crippen molar-refractivity contribution in [3.8, 4) is 0 Å². The van der Waals surface area contributed by atoms with Crippen LogP contribution >= 0.6 is 0 Å². The van der Waals surface area contributed by atoms with Gasteiger partial charge in [-0.15, -0.1) is 0 Å². The summed E-state index contributed by atoms with van der Waals surface area (Å²) in [5.41, 5.74) is 2.60. The van der Waals surface area contributed by atoms with Gasteiger partial charge in [0, 0.05) is 23.1 Å². The molecule has 2 amide bonds. The van der Waals surface area contributed by atoms with Crippen LogP contribution in [-0.2, 0) is 0 Å². The lowest BCUT2D eigenvalue weighted by molar-refractivity contribution is 0.102. The van der Waals surface area contributed by atoms with Crippen LogP contribution in [0.15, 0.2) is 66.9 Å². The molecular weight excluding hydrogens is 357 g/mol. The highest BCUT2D eigenvalue weighted by Crippen LogP contribution is 2.24. The molecule has 0 fully saturated rings. The summed E-state index contributed by atoms with van der Waals surface area (Å²) >= 11 is 0. The number of benzene rings is 2. The van der Waals surface area contributed by atoms with E-state index < -0.39 is 11.8 Å². The molecule has 0 aliphatic carbocycles. The Morgan fingerprint density at radius 3 is 2.36 bits per heavy atom. The number of para-hydroxylation sites is 1. The van der Waals surface area contributed by atoms with Crippen molar-refractivity contribution >= 4 is 23.2 Å². The minimum atomic E-state index is -0.411. The number of carbonyl (C=O) groups is 2. The topological polar surface area (TPSA) is 71.1 Å². The van der Waals surface area contributed by atoms with E-state index in [1.54, 1.807) is 0 Å². The Morgan fingerprint density at radius 1 is 0.929 bits per heavy atom. The van der Waals surface area contributed by atoms with Gasteiger partial charge in [0.05, 0.1) is 0 Å². The maximum atomic E-state index is 13.0. The Hall–Kier alpha value is -3.54. The van der Waals surface area contributed by atoms with E-state index in [0.717, 1.165) is 5.56 Å². The van der Waals surface area contributed by atoms with Gasteiger partial charge in [-0.05, 0) is 53.9 Å². The number of hydrogen-bond acceptors (Lipinski definition) is 3. The number of pyridine rings is 1. The molecule has 0 bridgehead atoms. The lowest BCUT2D eigenvalue weighted by atomic mass is 10.0. The number of halogens is 1. The maximum absolute atomic E-state index is 13.0. The van der Waals surface area contributed by atoms with Crippen LogP contribution in [0.25, 0.3) is 0 Å². The number of aromatic nitrogens is 1. The van der Waals surface area contributed by atoms with E-state index in [1.165, 1.54) is 42.6 Å². The number of nitrogens with one attached hydrogen (secondary N) is 2. The monoisotopic (exact) mass is 377 g/mol. The van der Waals surface area contributed by atoms with Crippen molar-refractivity contribution in [2.75, 3.05) is 10.6 Å². The van der Waals surface area contributed by atoms with E-state index in [-0.39, 0.29) is 23.0 Å². The molecule has 6 heteroatoms. The molecule has 2 N–H and O–H groups in total. The van der Waals surface area contributed by atoms with Gasteiger partial charge in [-0.2, -0.15) is 0 Å². The fourth-order valence-electron chi connectivity index (χ4n) is 2.73. The second kappa shape index (κ2) is 8.43. The third-order valence-corrected chi connectivity index (χ3v) is 4.19. The first-order valence-electron chi connectivity index (χ1n) is 8.87. The highest BCUT2D eigenvalue weighted by atomic mass is 19.1. The van der Waals surface area contributed by atoms with Crippen molar-refractivity contribution in [1.82, 2.24) is 4.98 Å². The number of hydrogen-bond donors (Lipinski definition) is 2. The largest absolute Gasteiger partial charge is 0.322 e. The van der Waals surface area contributed by atoms with Crippen LogP contribution in [0.1, 0.15) is 46.2 Å². The minimum absolute atomic E-state index is 0.130. The van der Waals surface area contributed by atoms with E-state index in [9.17, 15) is 14.0 Å². The Labute approximate surface area is 162 Å². The molecule has 5 nitrogen and oxygen atoms in total. The van der Waals surface area contributed by atoms with E-state index in [4.69, 9.17) is 0 Å². The van der Waals surface area contributed by atoms with Crippen molar-refractivity contribution in [3.05, 3.63) is 89.5 Å². The van der Waals surface area contributed by atoms with Crippen LogP contribution in [0.2, 0.25) is 0 Å². The minimum Gasteiger partial charge on any atom is -0.322 e. The summed E-state index contributed by atoms with van der Waals surface area (Å²) in [6.45, 7) is 4.09. The van der Waals surface area contributed by atoms with Gasteiger partial charge in [-0.3, -0.25) is 14.6 Å². The number of rotatable bonds is 5. The Balaban J connectivity index is 1.76. The summed E-state index contributed by atoms with van der Waals surface area (Å²) in [5.74, 6) is -0.949. The zero-order valence-corrected chi connectivity index (χ0v) is 15.6. The van der Waals surface area contributed by atoms with E-state index in [0.29, 0.717) is 11.4 Å². The first kappa shape index (κ1) is 19.2. The number of amides is 2. The molecule has 3 rings (SSSR count). The predicted octanol–water partition coefficient (Wildman–Crippen LogP) is 4.85. The molecule has 0 unspecified atom stereocenters. The fourth-order valence-corrected chi connectivity index (χ4v) is 2.73. The Morgan fingerprint density at radius 2 is 1.64 bits per heavy atom. The average molecular weight is 377 g/mol. The van der Waals surface area contributed by atoms with Gasteiger partial charge in [0.1, 0.15) is 11.5 Å². The van der Waals surface area contributed by atoms with Crippen molar-refractivity contribution < 1.29 is 14.0 Å². The average Bonchev–Trinajstić information content (AvgIpc) is 2.70. The van der Waals surface area contributed by atoms with Crippen molar-refractivity contribution in [1.29, 1.82) is 0 Å². The quantitative estimate of drug-likeness (QED) is 0.668. The van der Waals surface area contributed by atoms with Gasteiger partial charge < -0.3 is 10.6 Å². The zero-order chi connectivity index (χ0) is 20.1. The number of nitrogens with zero attached hydrogens (tertiary/aromatic N) is 1. The molecule has 2 aromatic carbocycles. The number of carbonyl (C=O) groups excluding carboxylic acids is 2. The van der Waals surface area contributed by atoms with Crippen molar-refractivity contribution in [2.24, 2.45) is 0 Å². The molecular formula is C22H20FN3O2. The second-order valence-corrected chi connectivity index (χ2v) is 6.59. The number of anilines is 2. The SMILES string of the molecule is CC(C)c1ccccc1NC(=O)c1cc(C(=O)Nc2ccc(F)cc2)ccn1. The first-order chi connectivity index (χ1) is 13.4. The summed E-state index contributed by atoms with van der Waals surface area (Å²) in [5, 5.41) is 5.52. The molecule has 1 heterocycles. The lowest BCUT2D eigenvalue weighted by Crippen LogP contribution is -2.17. The van der Waals surface area contributed by atoms with Crippen molar-refractivity contribution in [2.45, 2.75) is 19.8 Å². The van der Waals surface area contributed by atoms with Gasteiger partial charge in [-0.1, -0.05) is 32.0 Å². The van der Waals surface area contributed by atoms with Gasteiger partial charge in [0.25, 0.3) is 11.8 Å². The summed E-state index contributed by atoms with van der Waals surface area (Å²) in [6.07, 6.45) is 1.41. The second-order valence-electron chi connectivity index (χ2n) is 6.59. The molecule has 0 spiro atoms. The van der Waals surface area contributed by atoms with Crippen LogP contribution in [0.3, 0.4) is 0 Å². The fraction of sp³-hybridized carbons (Fsp3) is 0.136. The molecule has 0 saturated heterocycles. The molecule has 0 atom stereocenters. The maximum Gasteiger partial charge on any atom is 0.274 e. The van der Waals surface area contributed by atoms with Gasteiger partial charge in [0.2, 0.25) is 0 Å². The van der Waals surface area contributed by atoms with Crippen LogP contribution in [-0.4, -0.2) is 16.8 Å². The molecule has 142 valence electrons. The predicted molar refractivity (Wildman–Crippen MR) is 107 cm³/mol. The molecule has 0 radical (unpaired) electrons. The van der Waals surface area contributed by atoms with E-state index >= 15 is 0 Å². The third-order valence-electron chi connectivity index (χ3n) is 4.19.